The Hall–Kier alpha value is -1.79. The second-order valence-corrected chi connectivity index (χ2v) is 2.48. The predicted octanol–water partition coefficient (Wildman–Crippen LogP) is 1.53. The number of alkyl halides is 3. The topological polar surface area (TPSA) is 80.9 Å². The lowest BCUT2D eigenvalue weighted by molar-refractivity contribution is -0.140. The van der Waals surface area contributed by atoms with Crippen LogP contribution < -0.4 is 0 Å². The van der Waals surface area contributed by atoms with Crippen molar-refractivity contribution >= 4 is 0 Å². The molecule has 0 aliphatic carbocycles. The summed E-state index contributed by atoms with van der Waals surface area (Å²) < 4.78 is 36.3. The van der Waals surface area contributed by atoms with Crippen LogP contribution in [0.1, 0.15) is 5.56 Å². The van der Waals surface area contributed by atoms with Crippen LogP contribution in [0.4, 0.5) is 13.2 Å². The van der Waals surface area contributed by atoms with Gasteiger partial charge in [0.25, 0.3) is 0 Å². The summed E-state index contributed by atoms with van der Waals surface area (Å²) in [5.41, 5.74) is -1.78. The van der Waals surface area contributed by atoms with Crippen LogP contribution in [0.3, 0.4) is 0 Å². The fraction of sp³-hybridized carbons (Fsp3) is 0.143. The third-order valence-corrected chi connectivity index (χ3v) is 1.52. The van der Waals surface area contributed by atoms with E-state index in [-0.39, 0.29) is 6.07 Å². The number of benzene rings is 1. The van der Waals surface area contributed by atoms with E-state index in [1.54, 1.807) is 0 Å². The Labute approximate surface area is 75.5 Å². The Morgan fingerprint density at radius 3 is 1.79 bits per heavy atom. The van der Waals surface area contributed by atoms with Crippen LogP contribution in [0.15, 0.2) is 6.07 Å². The second-order valence-electron chi connectivity index (χ2n) is 2.48. The molecule has 1 aromatic carbocycles. The molecule has 0 unspecified atom stereocenters. The summed E-state index contributed by atoms with van der Waals surface area (Å²) in [5.74, 6) is -5.32. The summed E-state index contributed by atoms with van der Waals surface area (Å²) in [4.78, 5) is 0. The van der Waals surface area contributed by atoms with Gasteiger partial charge in [-0.1, -0.05) is 0 Å². The number of phenolic OH excluding ortho intramolecular Hbond substituents is 4. The van der Waals surface area contributed by atoms with Crippen molar-refractivity contribution in [3.05, 3.63) is 11.6 Å². The molecule has 14 heavy (non-hydrogen) atoms. The molecular weight excluding hydrogens is 205 g/mol. The van der Waals surface area contributed by atoms with Gasteiger partial charge < -0.3 is 20.4 Å². The molecule has 0 saturated carbocycles. The molecule has 0 aliphatic heterocycles. The molecule has 0 radical (unpaired) electrons. The molecule has 7 heteroatoms. The lowest BCUT2D eigenvalue weighted by atomic mass is 10.1. The SMILES string of the molecule is Oc1cc(O)c(C(F)(F)F)c(O)c1O. The van der Waals surface area contributed by atoms with E-state index in [1.807, 2.05) is 0 Å². The molecule has 0 saturated heterocycles. The van der Waals surface area contributed by atoms with Gasteiger partial charge in [-0.15, -0.1) is 0 Å². The maximum Gasteiger partial charge on any atom is 0.423 e. The molecule has 0 atom stereocenters. The van der Waals surface area contributed by atoms with E-state index in [1.165, 1.54) is 0 Å². The van der Waals surface area contributed by atoms with Crippen LogP contribution in [-0.2, 0) is 6.18 Å². The smallest absolute Gasteiger partial charge is 0.423 e. The molecule has 0 bridgehead atoms. The molecule has 0 spiro atoms. The highest BCUT2D eigenvalue weighted by molar-refractivity contribution is 5.60. The molecule has 4 nitrogen and oxygen atoms in total. The van der Waals surface area contributed by atoms with Gasteiger partial charge >= 0.3 is 6.18 Å². The van der Waals surface area contributed by atoms with Crippen LogP contribution >= 0.6 is 0 Å². The van der Waals surface area contributed by atoms with Gasteiger partial charge in [-0.2, -0.15) is 13.2 Å². The maximum atomic E-state index is 12.1. The van der Waals surface area contributed by atoms with E-state index >= 15 is 0 Å². The van der Waals surface area contributed by atoms with Crippen LogP contribution in [-0.4, -0.2) is 20.4 Å². The van der Waals surface area contributed by atoms with Gasteiger partial charge in [-0.25, -0.2) is 0 Å². The third kappa shape index (κ3) is 1.48. The minimum atomic E-state index is -5.01. The van der Waals surface area contributed by atoms with Gasteiger partial charge in [0.15, 0.2) is 11.5 Å². The molecule has 78 valence electrons. The normalized spacial score (nSPS) is 11.6. The Balaban J connectivity index is 3.53. The average molecular weight is 210 g/mol. The number of rotatable bonds is 0. The van der Waals surface area contributed by atoms with Crippen molar-refractivity contribution in [2.24, 2.45) is 0 Å². The highest BCUT2D eigenvalue weighted by atomic mass is 19.4. The van der Waals surface area contributed by atoms with Crippen LogP contribution in [0.5, 0.6) is 23.0 Å². The monoisotopic (exact) mass is 210 g/mol. The number of aromatic hydroxyl groups is 4. The lowest BCUT2D eigenvalue weighted by Crippen LogP contribution is -2.05. The molecular formula is C7H5F3O4. The van der Waals surface area contributed by atoms with E-state index < -0.39 is 34.7 Å². The average Bonchev–Trinajstić information content (AvgIpc) is 1.97. The summed E-state index contributed by atoms with van der Waals surface area (Å²) in [5, 5.41) is 35.1. The minimum absolute atomic E-state index is 0.290. The Morgan fingerprint density at radius 2 is 1.36 bits per heavy atom. The molecule has 0 heterocycles. The van der Waals surface area contributed by atoms with Gasteiger partial charge in [0, 0.05) is 6.07 Å². The summed E-state index contributed by atoms with van der Waals surface area (Å²) in [6.07, 6.45) is -5.01. The molecule has 0 amide bonds. The van der Waals surface area contributed by atoms with Crippen LogP contribution in [0.2, 0.25) is 0 Å². The van der Waals surface area contributed by atoms with Crippen LogP contribution in [0, 0.1) is 0 Å². The quantitative estimate of drug-likeness (QED) is 0.386. The van der Waals surface area contributed by atoms with E-state index in [0.717, 1.165) is 0 Å². The molecule has 0 aliphatic rings. The zero-order valence-corrected chi connectivity index (χ0v) is 6.50. The summed E-state index contributed by atoms with van der Waals surface area (Å²) in [6.45, 7) is 0. The Morgan fingerprint density at radius 1 is 0.857 bits per heavy atom. The Kier molecular flexibility index (Phi) is 2.10. The van der Waals surface area contributed by atoms with Crippen molar-refractivity contribution in [2.45, 2.75) is 6.18 Å². The zero-order valence-electron chi connectivity index (χ0n) is 6.50. The van der Waals surface area contributed by atoms with Gasteiger partial charge in [-0.05, 0) is 0 Å². The zero-order chi connectivity index (χ0) is 11.1. The number of hydrogen-bond donors (Lipinski definition) is 4. The first-order valence-corrected chi connectivity index (χ1v) is 3.29. The largest absolute Gasteiger partial charge is 0.507 e. The fourth-order valence-corrected chi connectivity index (χ4v) is 0.911. The van der Waals surface area contributed by atoms with Gasteiger partial charge in [0.1, 0.15) is 11.3 Å². The number of hydrogen-bond acceptors (Lipinski definition) is 4. The minimum Gasteiger partial charge on any atom is -0.507 e. The van der Waals surface area contributed by atoms with Crippen molar-refractivity contribution < 1.29 is 33.6 Å². The molecule has 1 rings (SSSR count). The van der Waals surface area contributed by atoms with E-state index in [2.05, 4.69) is 0 Å². The molecule has 0 fully saturated rings. The van der Waals surface area contributed by atoms with Gasteiger partial charge in [0.05, 0.1) is 0 Å². The standard InChI is InChI=1S/C7H5F3O4/c8-7(9,10)4-2(11)1-3(12)5(13)6(4)14/h1,11-14H. The second kappa shape index (κ2) is 2.86. The third-order valence-electron chi connectivity index (χ3n) is 1.52. The predicted molar refractivity (Wildman–Crippen MR) is 38.1 cm³/mol. The molecule has 1 aromatic rings. The van der Waals surface area contributed by atoms with Crippen molar-refractivity contribution in [1.82, 2.24) is 0 Å². The summed E-state index contributed by atoms with van der Waals surface area (Å²) in [7, 11) is 0. The highest BCUT2D eigenvalue weighted by Gasteiger charge is 2.39. The highest BCUT2D eigenvalue weighted by Crippen LogP contribution is 2.49. The van der Waals surface area contributed by atoms with E-state index in [4.69, 9.17) is 20.4 Å². The van der Waals surface area contributed by atoms with Gasteiger partial charge in [-0.3, -0.25) is 0 Å². The first-order valence-electron chi connectivity index (χ1n) is 3.29. The van der Waals surface area contributed by atoms with Gasteiger partial charge in [0.2, 0.25) is 5.75 Å². The Bertz CT molecular complexity index is 372. The fourth-order valence-electron chi connectivity index (χ4n) is 0.911. The van der Waals surface area contributed by atoms with Crippen LogP contribution in [0.25, 0.3) is 0 Å². The van der Waals surface area contributed by atoms with Crippen molar-refractivity contribution in [3.63, 3.8) is 0 Å². The number of halogens is 3. The lowest BCUT2D eigenvalue weighted by Gasteiger charge is -2.12. The first-order chi connectivity index (χ1) is 6.25. The molecule has 4 N–H and O–H groups in total. The van der Waals surface area contributed by atoms with E-state index in [0.29, 0.717) is 0 Å². The van der Waals surface area contributed by atoms with Crippen molar-refractivity contribution in [1.29, 1.82) is 0 Å². The number of phenols is 4. The first kappa shape index (κ1) is 10.3. The summed E-state index contributed by atoms with van der Waals surface area (Å²) in [6, 6.07) is 0.290. The van der Waals surface area contributed by atoms with Crippen molar-refractivity contribution in [3.8, 4) is 23.0 Å². The van der Waals surface area contributed by atoms with Crippen molar-refractivity contribution in [2.75, 3.05) is 0 Å². The maximum absolute atomic E-state index is 12.1. The summed E-state index contributed by atoms with van der Waals surface area (Å²) >= 11 is 0. The van der Waals surface area contributed by atoms with E-state index in [9.17, 15) is 13.2 Å². The molecule has 0 aromatic heterocycles.